The average Bonchev–Trinajstić information content (AvgIpc) is 3.08. The third-order valence-electron chi connectivity index (χ3n) is 8.40. The molecule has 2 amide bonds. The predicted octanol–water partition coefficient (Wildman–Crippen LogP) is 2.95. The summed E-state index contributed by atoms with van der Waals surface area (Å²) in [6.45, 7) is 6.52. The van der Waals surface area contributed by atoms with Crippen LogP contribution in [0.2, 0.25) is 0 Å². The molecule has 2 atom stereocenters. The maximum absolute atomic E-state index is 13.2. The second kappa shape index (κ2) is 16.7. The van der Waals surface area contributed by atoms with Crippen molar-refractivity contribution in [2.75, 3.05) is 23.8 Å². The largest absolute Gasteiger partial charge is 0.480 e. The molecule has 2 aromatic carbocycles. The van der Waals surface area contributed by atoms with Gasteiger partial charge in [-0.25, -0.2) is 0 Å². The predicted molar refractivity (Wildman–Crippen MR) is 186 cm³/mol. The van der Waals surface area contributed by atoms with Crippen molar-refractivity contribution in [2.45, 2.75) is 52.9 Å². The van der Waals surface area contributed by atoms with Gasteiger partial charge in [0.25, 0.3) is 11.8 Å². The number of carbonyl (C=O) groups excluding carboxylic acids is 2. The van der Waals surface area contributed by atoms with E-state index in [2.05, 4.69) is 31.2 Å². The molecule has 0 saturated carbocycles. The van der Waals surface area contributed by atoms with Crippen molar-refractivity contribution in [3.63, 3.8) is 0 Å². The van der Waals surface area contributed by atoms with E-state index in [-0.39, 0.29) is 24.5 Å². The molecular weight excluding hydrogens is 644 g/mol. The van der Waals surface area contributed by atoms with Gasteiger partial charge in [-0.15, -0.1) is 0 Å². The van der Waals surface area contributed by atoms with Crippen molar-refractivity contribution in [1.29, 1.82) is 0 Å². The Balaban J connectivity index is 1.48. The van der Waals surface area contributed by atoms with Gasteiger partial charge in [-0.05, 0) is 96.5 Å². The van der Waals surface area contributed by atoms with Crippen LogP contribution in [0.4, 0.5) is 11.4 Å². The zero-order valence-corrected chi connectivity index (χ0v) is 28.1. The molecule has 4 rings (SSSR count). The number of rotatable bonds is 15. The fourth-order valence-electron chi connectivity index (χ4n) is 5.21. The highest BCUT2D eigenvalue weighted by molar-refractivity contribution is 6.05. The van der Waals surface area contributed by atoms with Crippen molar-refractivity contribution < 1.29 is 39.6 Å². The molecule has 0 aliphatic rings. The molecule has 50 heavy (non-hydrogen) atoms. The number of aliphatic hydroxyl groups excluding tert-OH is 2. The van der Waals surface area contributed by atoms with Gasteiger partial charge < -0.3 is 31.1 Å². The molecule has 4 aromatic rings. The molecule has 0 bridgehead atoms. The number of aromatic nitrogens is 2. The Labute approximate surface area is 288 Å². The average molecular weight is 685 g/mol. The number of aliphatic carboxylic acids is 2. The van der Waals surface area contributed by atoms with E-state index in [0.717, 1.165) is 33.4 Å². The Hall–Kier alpha value is -5.54. The first kappa shape index (κ1) is 37.3. The van der Waals surface area contributed by atoms with Gasteiger partial charge in [0.1, 0.15) is 23.5 Å². The van der Waals surface area contributed by atoms with Gasteiger partial charge in [0.05, 0.1) is 13.2 Å². The number of aryl methyl sites for hydroxylation is 2. The number of nitrogens with one attached hydrogen (secondary N) is 4. The van der Waals surface area contributed by atoms with Crippen LogP contribution in [0.5, 0.6) is 0 Å². The molecule has 0 saturated heterocycles. The van der Waals surface area contributed by atoms with Crippen LogP contribution >= 0.6 is 0 Å². The van der Waals surface area contributed by atoms with E-state index in [1.165, 1.54) is 12.4 Å². The Bertz CT molecular complexity index is 1780. The fraction of sp³-hybridized carbons (Fsp3) is 0.278. The molecule has 0 radical (unpaired) electrons. The molecular formula is C36H40N6O8. The Morgan fingerprint density at radius 2 is 1.02 bits per heavy atom. The molecule has 0 spiro atoms. The second-order valence-corrected chi connectivity index (χ2v) is 11.8. The first-order valence-electron chi connectivity index (χ1n) is 15.7. The molecule has 14 nitrogen and oxygen atoms in total. The van der Waals surface area contributed by atoms with Crippen molar-refractivity contribution in [1.82, 2.24) is 20.6 Å². The molecule has 0 unspecified atom stereocenters. The summed E-state index contributed by atoms with van der Waals surface area (Å²) in [7, 11) is 0. The minimum atomic E-state index is -1.17. The fourth-order valence-corrected chi connectivity index (χ4v) is 5.21. The smallest absolute Gasteiger partial charge is 0.323 e. The number of hydrogen-bond acceptors (Lipinski definition) is 10. The topological polar surface area (TPSA) is 223 Å². The molecule has 0 aliphatic heterocycles. The van der Waals surface area contributed by atoms with Gasteiger partial charge in [0.2, 0.25) is 0 Å². The molecule has 2 heterocycles. The van der Waals surface area contributed by atoms with Crippen LogP contribution in [0.25, 0.3) is 11.1 Å². The van der Waals surface area contributed by atoms with Crippen molar-refractivity contribution in [3.05, 3.63) is 106 Å². The number of carboxylic acid groups (broad SMARTS) is 2. The van der Waals surface area contributed by atoms with Gasteiger partial charge in [-0.1, -0.05) is 24.3 Å². The number of nitrogens with zero attached hydrogens (tertiary/aromatic N) is 2. The maximum atomic E-state index is 13.2. The summed E-state index contributed by atoms with van der Waals surface area (Å²) in [6, 6.07) is 12.0. The van der Waals surface area contributed by atoms with Crippen LogP contribution < -0.4 is 21.3 Å². The molecule has 0 fully saturated rings. The summed E-state index contributed by atoms with van der Waals surface area (Å²) in [5.41, 5.74) is 7.59. The summed E-state index contributed by atoms with van der Waals surface area (Å²) in [6.07, 6.45) is 3.00. The Morgan fingerprint density at radius 1 is 0.640 bits per heavy atom. The van der Waals surface area contributed by atoms with Gasteiger partial charge in [-0.2, -0.15) is 0 Å². The summed E-state index contributed by atoms with van der Waals surface area (Å²) in [5.74, 6) is -3.19. The summed E-state index contributed by atoms with van der Waals surface area (Å²) in [4.78, 5) is 57.3. The Kier molecular flexibility index (Phi) is 12.5. The van der Waals surface area contributed by atoms with Crippen molar-refractivity contribution in [2.24, 2.45) is 0 Å². The lowest BCUT2D eigenvalue weighted by Crippen LogP contribution is -2.39. The number of anilines is 2. The van der Waals surface area contributed by atoms with E-state index in [0.29, 0.717) is 22.5 Å². The lowest BCUT2D eigenvalue weighted by molar-refractivity contribution is -0.141. The summed E-state index contributed by atoms with van der Waals surface area (Å²) < 4.78 is 0. The minimum Gasteiger partial charge on any atom is -0.480 e. The number of pyridine rings is 2. The minimum absolute atomic E-state index is 0.154. The van der Waals surface area contributed by atoms with Crippen LogP contribution in [-0.4, -0.2) is 79.4 Å². The normalized spacial score (nSPS) is 12.2. The van der Waals surface area contributed by atoms with Crippen molar-refractivity contribution >= 4 is 35.1 Å². The molecule has 2 aromatic heterocycles. The quantitative estimate of drug-likeness (QED) is 0.0905. The number of hydrogen-bond donors (Lipinski definition) is 8. The lowest BCUT2D eigenvalue weighted by Gasteiger charge is -2.17. The lowest BCUT2D eigenvalue weighted by atomic mass is 9.94. The summed E-state index contributed by atoms with van der Waals surface area (Å²) in [5, 5.41) is 48.1. The number of benzene rings is 2. The number of amides is 2. The highest BCUT2D eigenvalue weighted by Gasteiger charge is 2.19. The highest BCUT2D eigenvalue weighted by Crippen LogP contribution is 2.34. The third-order valence-corrected chi connectivity index (χ3v) is 8.40. The van der Waals surface area contributed by atoms with Crippen LogP contribution in [0.1, 0.15) is 54.4 Å². The van der Waals surface area contributed by atoms with Gasteiger partial charge in [-0.3, -0.25) is 39.8 Å². The van der Waals surface area contributed by atoms with E-state index in [9.17, 15) is 29.4 Å². The van der Waals surface area contributed by atoms with Crippen LogP contribution in [0, 0.1) is 27.7 Å². The van der Waals surface area contributed by atoms with E-state index in [4.69, 9.17) is 10.2 Å². The molecule has 262 valence electrons. The van der Waals surface area contributed by atoms with E-state index in [1.54, 1.807) is 38.1 Å². The van der Waals surface area contributed by atoms with Crippen LogP contribution in [-0.2, 0) is 22.7 Å². The maximum Gasteiger partial charge on any atom is 0.323 e. The highest BCUT2D eigenvalue weighted by atomic mass is 16.4. The monoisotopic (exact) mass is 684 g/mol. The first-order chi connectivity index (χ1) is 23.8. The number of carboxylic acids is 2. The number of carbonyl (C=O) groups is 4. The third kappa shape index (κ3) is 8.92. The van der Waals surface area contributed by atoms with Crippen LogP contribution in [0.3, 0.4) is 0 Å². The van der Waals surface area contributed by atoms with E-state index < -0.39 is 49.1 Å². The van der Waals surface area contributed by atoms with Crippen molar-refractivity contribution in [3.8, 4) is 11.1 Å². The van der Waals surface area contributed by atoms with E-state index in [1.807, 2.05) is 38.1 Å². The SMILES string of the molecule is Cc1cc(C(=O)Nc2cccc(-c3cccc(NC(=O)c4cc(C)c(CN[C@H](CO)C(=O)O)cn4)c3C)c2C)ncc1CN[C@H](CO)C(=O)O. The van der Waals surface area contributed by atoms with Gasteiger partial charge >= 0.3 is 11.9 Å². The standard InChI is InChI=1S/C36H40N6O8/c1-19-11-29(37-13-23(19)15-39-31(17-43)35(47)48)33(45)41-27-9-5-7-25(21(27)3)26-8-6-10-28(22(26)4)42-34(46)30-12-20(2)24(14-38-30)16-40-32(18-44)36(49)50/h5-14,31-32,39-40,43-44H,15-18H2,1-4H3,(H,41,45)(H,42,46)(H,47,48)(H,49,50)/t31-,32-/m1/s1. The Morgan fingerprint density at radius 3 is 1.34 bits per heavy atom. The van der Waals surface area contributed by atoms with E-state index >= 15 is 0 Å². The van der Waals surface area contributed by atoms with Crippen LogP contribution in [0.15, 0.2) is 60.9 Å². The van der Waals surface area contributed by atoms with Gasteiger partial charge in [0.15, 0.2) is 0 Å². The molecule has 0 aliphatic carbocycles. The molecule has 8 N–H and O–H groups in total. The molecule has 14 heteroatoms. The zero-order chi connectivity index (χ0) is 36.5. The first-order valence-corrected chi connectivity index (χ1v) is 15.7. The number of aliphatic hydroxyl groups is 2. The van der Waals surface area contributed by atoms with Gasteiger partial charge in [0, 0.05) is 36.9 Å². The second-order valence-electron chi connectivity index (χ2n) is 11.8. The summed E-state index contributed by atoms with van der Waals surface area (Å²) >= 11 is 0. The zero-order valence-electron chi connectivity index (χ0n) is 28.1.